The van der Waals surface area contributed by atoms with Gasteiger partial charge in [0.1, 0.15) is 12.1 Å². The number of fused-ring (bicyclic) bond motifs is 1. The summed E-state index contributed by atoms with van der Waals surface area (Å²) in [6.45, 7) is 2.80. The van der Waals surface area contributed by atoms with Crippen LogP contribution in [0.2, 0.25) is 0 Å². The van der Waals surface area contributed by atoms with E-state index < -0.39 is 5.97 Å². The van der Waals surface area contributed by atoms with Crippen LogP contribution in [0.5, 0.6) is 0 Å². The van der Waals surface area contributed by atoms with Crippen molar-refractivity contribution in [1.29, 1.82) is 0 Å². The zero-order valence-corrected chi connectivity index (χ0v) is 11.7. The highest BCUT2D eigenvalue weighted by Crippen LogP contribution is 2.24. The van der Waals surface area contributed by atoms with Crippen LogP contribution in [0.25, 0.3) is 10.9 Å². The third-order valence-corrected chi connectivity index (χ3v) is 3.71. The number of anilines is 1. The number of aromatic carboxylic acids is 1. The van der Waals surface area contributed by atoms with Crippen LogP contribution in [0.4, 0.5) is 5.82 Å². The Morgan fingerprint density at radius 3 is 3.05 bits per heavy atom. The van der Waals surface area contributed by atoms with Gasteiger partial charge < -0.3 is 15.2 Å². The summed E-state index contributed by atoms with van der Waals surface area (Å²) < 4.78 is 5.54. The van der Waals surface area contributed by atoms with E-state index in [2.05, 4.69) is 22.2 Å². The minimum absolute atomic E-state index is 0.229. The fourth-order valence-corrected chi connectivity index (χ4v) is 2.63. The molecule has 0 saturated carbocycles. The van der Waals surface area contributed by atoms with Crippen LogP contribution in [-0.2, 0) is 4.74 Å². The van der Waals surface area contributed by atoms with E-state index in [1.807, 2.05) is 0 Å². The third kappa shape index (κ3) is 2.95. The zero-order chi connectivity index (χ0) is 14.8. The van der Waals surface area contributed by atoms with Gasteiger partial charge in [-0.1, -0.05) is 0 Å². The molecule has 0 bridgehead atoms. The summed E-state index contributed by atoms with van der Waals surface area (Å²) in [6, 6.07) is 5.21. The average Bonchev–Trinajstić information content (AvgIpc) is 2.47. The molecule has 21 heavy (non-hydrogen) atoms. The van der Waals surface area contributed by atoms with E-state index in [1.54, 1.807) is 18.2 Å². The van der Waals surface area contributed by atoms with Crippen molar-refractivity contribution in [3.63, 3.8) is 0 Å². The van der Waals surface area contributed by atoms with Crippen LogP contribution < -0.4 is 5.32 Å². The molecule has 2 unspecified atom stereocenters. The lowest BCUT2D eigenvalue weighted by Crippen LogP contribution is -2.32. The fourth-order valence-electron chi connectivity index (χ4n) is 2.63. The van der Waals surface area contributed by atoms with Crippen LogP contribution in [0.1, 0.15) is 30.1 Å². The molecule has 0 radical (unpaired) electrons. The predicted molar refractivity (Wildman–Crippen MR) is 78.6 cm³/mol. The Kier molecular flexibility index (Phi) is 3.70. The molecule has 2 heterocycles. The van der Waals surface area contributed by atoms with Gasteiger partial charge in [-0.2, -0.15) is 0 Å². The Morgan fingerprint density at radius 2 is 2.29 bits per heavy atom. The molecule has 2 N–H and O–H groups in total. The lowest BCUT2D eigenvalue weighted by Gasteiger charge is -2.28. The molecule has 1 aliphatic rings. The van der Waals surface area contributed by atoms with Crippen molar-refractivity contribution in [2.24, 2.45) is 0 Å². The quantitative estimate of drug-likeness (QED) is 0.901. The van der Waals surface area contributed by atoms with Gasteiger partial charge in [-0.15, -0.1) is 0 Å². The van der Waals surface area contributed by atoms with Gasteiger partial charge in [-0.25, -0.2) is 14.8 Å². The summed E-state index contributed by atoms with van der Waals surface area (Å²) >= 11 is 0. The molecule has 1 aromatic carbocycles. The molecule has 0 aliphatic carbocycles. The molecule has 0 spiro atoms. The summed E-state index contributed by atoms with van der Waals surface area (Å²) in [6.07, 6.45) is 3.56. The number of ether oxygens (including phenoxy) is 1. The number of carbonyl (C=O) groups is 1. The van der Waals surface area contributed by atoms with Crippen LogP contribution >= 0.6 is 0 Å². The topological polar surface area (TPSA) is 84.3 Å². The summed E-state index contributed by atoms with van der Waals surface area (Å²) in [4.78, 5) is 19.5. The molecule has 6 nitrogen and oxygen atoms in total. The molecule has 1 aromatic heterocycles. The van der Waals surface area contributed by atoms with E-state index in [4.69, 9.17) is 9.84 Å². The largest absolute Gasteiger partial charge is 0.478 e. The Morgan fingerprint density at radius 1 is 1.43 bits per heavy atom. The highest BCUT2D eigenvalue weighted by atomic mass is 16.5. The standard InChI is InChI=1S/C15H17N3O3/c1-9-6-11(4-5-21-9)18-14-12-3-2-10(15(19)20)7-13(12)16-8-17-14/h2-3,7-9,11H,4-6H2,1H3,(H,19,20)(H,16,17,18). The minimum Gasteiger partial charge on any atom is -0.478 e. The van der Waals surface area contributed by atoms with Crippen molar-refractivity contribution >= 4 is 22.7 Å². The number of benzene rings is 1. The first-order chi connectivity index (χ1) is 10.1. The summed E-state index contributed by atoms with van der Waals surface area (Å²) in [5.74, 6) is -0.209. The monoisotopic (exact) mass is 287 g/mol. The third-order valence-electron chi connectivity index (χ3n) is 3.71. The number of nitrogens with one attached hydrogen (secondary N) is 1. The second kappa shape index (κ2) is 5.65. The number of carboxylic acids is 1. The van der Waals surface area contributed by atoms with E-state index in [0.29, 0.717) is 11.6 Å². The van der Waals surface area contributed by atoms with Gasteiger partial charge in [-0.05, 0) is 38.0 Å². The van der Waals surface area contributed by atoms with Gasteiger partial charge in [0.25, 0.3) is 0 Å². The van der Waals surface area contributed by atoms with Crippen LogP contribution in [0.3, 0.4) is 0 Å². The van der Waals surface area contributed by atoms with Crippen molar-refractivity contribution < 1.29 is 14.6 Å². The van der Waals surface area contributed by atoms with E-state index in [0.717, 1.165) is 30.7 Å². The molecule has 1 aliphatic heterocycles. The van der Waals surface area contributed by atoms with Crippen molar-refractivity contribution in [2.45, 2.75) is 31.9 Å². The highest BCUT2D eigenvalue weighted by molar-refractivity contribution is 5.96. The van der Waals surface area contributed by atoms with Gasteiger partial charge in [0, 0.05) is 18.0 Å². The number of aromatic nitrogens is 2. The first-order valence-electron chi connectivity index (χ1n) is 6.99. The zero-order valence-electron chi connectivity index (χ0n) is 11.7. The van der Waals surface area contributed by atoms with Gasteiger partial charge >= 0.3 is 5.97 Å². The van der Waals surface area contributed by atoms with E-state index in [-0.39, 0.29) is 11.7 Å². The fraction of sp³-hybridized carbons (Fsp3) is 0.400. The first kappa shape index (κ1) is 13.8. The average molecular weight is 287 g/mol. The summed E-state index contributed by atoms with van der Waals surface area (Å²) in [7, 11) is 0. The smallest absolute Gasteiger partial charge is 0.335 e. The minimum atomic E-state index is -0.955. The maximum absolute atomic E-state index is 11.0. The normalized spacial score (nSPS) is 22.1. The number of rotatable bonds is 3. The summed E-state index contributed by atoms with van der Waals surface area (Å²) in [5.41, 5.74) is 0.861. The maximum atomic E-state index is 11.0. The predicted octanol–water partition coefficient (Wildman–Crippen LogP) is 2.31. The molecule has 1 saturated heterocycles. The van der Waals surface area contributed by atoms with E-state index >= 15 is 0 Å². The van der Waals surface area contributed by atoms with Gasteiger partial charge in [-0.3, -0.25) is 0 Å². The Labute approximate surface area is 122 Å². The van der Waals surface area contributed by atoms with E-state index in [1.165, 1.54) is 6.33 Å². The molecule has 2 atom stereocenters. The highest BCUT2D eigenvalue weighted by Gasteiger charge is 2.20. The molecule has 0 amide bonds. The second-order valence-electron chi connectivity index (χ2n) is 5.31. The van der Waals surface area contributed by atoms with Crippen molar-refractivity contribution in [1.82, 2.24) is 9.97 Å². The van der Waals surface area contributed by atoms with Gasteiger partial charge in [0.2, 0.25) is 0 Å². The van der Waals surface area contributed by atoms with Crippen molar-refractivity contribution in [3.05, 3.63) is 30.1 Å². The van der Waals surface area contributed by atoms with Gasteiger partial charge in [0.15, 0.2) is 0 Å². The van der Waals surface area contributed by atoms with Crippen molar-refractivity contribution in [3.8, 4) is 0 Å². The van der Waals surface area contributed by atoms with E-state index in [9.17, 15) is 4.79 Å². The molecule has 110 valence electrons. The van der Waals surface area contributed by atoms with Crippen LogP contribution in [0.15, 0.2) is 24.5 Å². The van der Waals surface area contributed by atoms with Crippen LogP contribution in [-0.4, -0.2) is 39.8 Å². The SMILES string of the molecule is CC1CC(Nc2ncnc3cc(C(=O)O)ccc23)CCO1. The lowest BCUT2D eigenvalue weighted by molar-refractivity contribution is 0.0232. The Hall–Kier alpha value is -2.21. The molecular weight excluding hydrogens is 270 g/mol. The Bertz CT molecular complexity index is 674. The number of nitrogens with zero attached hydrogens (tertiary/aromatic N) is 2. The Balaban J connectivity index is 1.90. The second-order valence-corrected chi connectivity index (χ2v) is 5.31. The molecule has 2 aromatic rings. The molecule has 1 fully saturated rings. The van der Waals surface area contributed by atoms with Crippen molar-refractivity contribution in [2.75, 3.05) is 11.9 Å². The lowest BCUT2D eigenvalue weighted by atomic mass is 10.0. The molecule has 3 rings (SSSR count). The number of hydrogen-bond donors (Lipinski definition) is 2. The summed E-state index contributed by atoms with van der Waals surface area (Å²) in [5, 5.41) is 13.3. The maximum Gasteiger partial charge on any atom is 0.335 e. The first-order valence-corrected chi connectivity index (χ1v) is 6.99. The molecule has 6 heteroatoms. The molecular formula is C15H17N3O3. The van der Waals surface area contributed by atoms with Gasteiger partial charge in [0.05, 0.1) is 17.2 Å². The number of hydrogen-bond acceptors (Lipinski definition) is 5. The number of carboxylic acid groups (broad SMARTS) is 1. The van der Waals surface area contributed by atoms with Crippen LogP contribution in [0, 0.1) is 0 Å².